The third-order valence-corrected chi connectivity index (χ3v) is 3.60. The van der Waals surface area contributed by atoms with Gasteiger partial charge in [0.15, 0.2) is 0 Å². The van der Waals surface area contributed by atoms with Gasteiger partial charge in [-0.1, -0.05) is 53.7 Å². The monoisotopic (exact) mass is 296 g/mol. The van der Waals surface area contributed by atoms with Crippen molar-refractivity contribution in [1.82, 2.24) is 15.0 Å². The minimum absolute atomic E-state index is 0.238. The van der Waals surface area contributed by atoms with E-state index < -0.39 is 0 Å². The summed E-state index contributed by atoms with van der Waals surface area (Å²) in [6.45, 7) is 0.668. The molecule has 112 valence electrons. The Labute approximate surface area is 128 Å². The second-order valence-electron chi connectivity index (χ2n) is 5.10. The Kier molecular flexibility index (Phi) is 4.25. The van der Waals surface area contributed by atoms with Crippen LogP contribution in [0.15, 0.2) is 54.6 Å². The highest BCUT2D eigenvalue weighted by Gasteiger charge is 2.13. The molecule has 3 aromatic rings. The van der Waals surface area contributed by atoms with Crippen molar-refractivity contribution in [3.63, 3.8) is 0 Å². The van der Waals surface area contributed by atoms with Crippen molar-refractivity contribution in [3.05, 3.63) is 82.9 Å². The molecule has 0 saturated carbocycles. The van der Waals surface area contributed by atoms with Crippen LogP contribution < -0.4 is 5.73 Å². The molecule has 2 N–H and O–H groups in total. The van der Waals surface area contributed by atoms with E-state index in [1.165, 1.54) is 6.07 Å². The van der Waals surface area contributed by atoms with Gasteiger partial charge in [0.2, 0.25) is 0 Å². The van der Waals surface area contributed by atoms with Crippen LogP contribution in [0.3, 0.4) is 0 Å². The lowest BCUT2D eigenvalue weighted by atomic mass is 10.1. The number of halogens is 1. The van der Waals surface area contributed by atoms with Crippen molar-refractivity contribution in [1.29, 1.82) is 0 Å². The van der Waals surface area contributed by atoms with Crippen molar-refractivity contribution < 1.29 is 4.39 Å². The summed E-state index contributed by atoms with van der Waals surface area (Å²) in [6, 6.07) is 16.7. The van der Waals surface area contributed by atoms with Crippen molar-refractivity contribution in [2.24, 2.45) is 5.73 Å². The molecule has 0 atom stereocenters. The Morgan fingerprint density at radius 2 is 1.73 bits per heavy atom. The van der Waals surface area contributed by atoms with Gasteiger partial charge in [-0.2, -0.15) is 0 Å². The lowest BCUT2D eigenvalue weighted by Crippen LogP contribution is -2.10. The fourth-order valence-electron chi connectivity index (χ4n) is 2.42. The molecular formula is C17H17FN4. The van der Waals surface area contributed by atoms with Crippen LogP contribution in [0.2, 0.25) is 0 Å². The lowest BCUT2D eigenvalue weighted by molar-refractivity contribution is 0.568. The lowest BCUT2D eigenvalue weighted by Gasteiger charge is -2.09. The molecule has 1 aromatic heterocycles. The standard InChI is InChI=1S/C17H17FN4/c18-15-9-5-4-8-14(15)12-22-17(16(11-19)20-21-22)10-13-6-2-1-3-7-13/h1-9H,10-12,19H2. The molecule has 0 aliphatic heterocycles. The molecule has 0 radical (unpaired) electrons. The molecular weight excluding hydrogens is 279 g/mol. The summed E-state index contributed by atoms with van der Waals surface area (Å²) in [7, 11) is 0. The van der Waals surface area contributed by atoms with Gasteiger partial charge in [-0.05, 0) is 11.6 Å². The van der Waals surface area contributed by atoms with E-state index in [2.05, 4.69) is 10.3 Å². The predicted octanol–water partition coefficient (Wildman–Crippen LogP) is 2.51. The van der Waals surface area contributed by atoms with Crippen molar-refractivity contribution in [3.8, 4) is 0 Å². The third kappa shape index (κ3) is 3.04. The molecule has 5 heteroatoms. The first-order chi connectivity index (χ1) is 10.8. The Hall–Kier alpha value is -2.53. The zero-order chi connectivity index (χ0) is 15.4. The molecule has 0 amide bonds. The maximum absolute atomic E-state index is 13.8. The molecule has 0 spiro atoms. The minimum Gasteiger partial charge on any atom is -0.325 e. The van der Waals surface area contributed by atoms with Crippen LogP contribution in [0.25, 0.3) is 0 Å². The van der Waals surface area contributed by atoms with Gasteiger partial charge < -0.3 is 5.73 Å². The number of nitrogens with two attached hydrogens (primary N) is 1. The van der Waals surface area contributed by atoms with E-state index in [0.29, 0.717) is 25.1 Å². The zero-order valence-electron chi connectivity index (χ0n) is 12.1. The van der Waals surface area contributed by atoms with E-state index in [0.717, 1.165) is 17.0 Å². The van der Waals surface area contributed by atoms with E-state index in [1.807, 2.05) is 36.4 Å². The van der Waals surface area contributed by atoms with Crippen LogP contribution in [0.5, 0.6) is 0 Å². The maximum Gasteiger partial charge on any atom is 0.128 e. The molecule has 0 bridgehead atoms. The number of hydrogen-bond donors (Lipinski definition) is 1. The first-order valence-corrected chi connectivity index (χ1v) is 7.16. The van der Waals surface area contributed by atoms with Gasteiger partial charge in [-0.3, -0.25) is 0 Å². The molecule has 2 aromatic carbocycles. The van der Waals surface area contributed by atoms with E-state index in [4.69, 9.17) is 5.73 Å². The van der Waals surface area contributed by atoms with Gasteiger partial charge in [0.05, 0.1) is 17.9 Å². The zero-order valence-corrected chi connectivity index (χ0v) is 12.1. The summed E-state index contributed by atoms with van der Waals surface area (Å²) in [5.74, 6) is -0.238. The van der Waals surface area contributed by atoms with Gasteiger partial charge in [-0.15, -0.1) is 5.10 Å². The first kappa shape index (κ1) is 14.4. The maximum atomic E-state index is 13.8. The quantitative estimate of drug-likeness (QED) is 0.787. The molecule has 0 saturated heterocycles. The predicted molar refractivity (Wildman–Crippen MR) is 82.7 cm³/mol. The fourth-order valence-corrected chi connectivity index (χ4v) is 2.42. The largest absolute Gasteiger partial charge is 0.325 e. The average molecular weight is 296 g/mol. The normalized spacial score (nSPS) is 10.8. The topological polar surface area (TPSA) is 56.7 Å². The second kappa shape index (κ2) is 6.49. The highest BCUT2D eigenvalue weighted by atomic mass is 19.1. The molecule has 0 aliphatic rings. The van der Waals surface area contributed by atoms with Gasteiger partial charge in [0.1, 0.15) is 5.82 Å². The number of aromatic nitrogens is 3. The number of hydrogen-bond acceptors (Lipinski definition) is 3. The smallest absolute Gasteiger partial charge is 0.128 e. The van der Waals surface area contributed by atoms with E-state index in [1.54, 1.807) is 16.8 Å². The Bertz CT molecular complexity index is 752. The Morgan fingerprint density at radius 3 is 2.45 bits per heavy atom. The van der Waals surface area contributed by atoms with Gasteiger partial charge >= 0.3 is 0 Å². The summed E-state index contributed by atoms with van der Waals surface area (Å²) in [5.41, 5.74) is 9.16. The molecule has 1 heterocycles. The summed E-state index contributed by atoms with van der Waals surface area (Å²) < 4.78 is 15.6. The number of rotatable bonds is 5. The fraction of sp³-hybridized carbons (Fsp3) is 0.176. The molecule has 0 aliphatic carbocycles. The summed E-state index contributed by atoms with van der Waals surface area (Å²) in [4.78, 5) is 0. The summed E-state index contributed by atoms with van der Waals surface area (Å²) in [5, 5.41) is 8.26. The van der Waals surface area contributed by atoms with E-state index in [-0.39, 0.29) is 5.82 Å². The van der Waals surface area contributed by atoms with Gasteiger partial charge in [-0.25, -0.2) is 9.07 Å². The molecule has 22 heavy (non-hydrogen) atoms. The van der Waals surface area contributed by atoms with Gasteiger partial charge in [0, 0.05) is 18.5 Å². The number of benzene rings is 2. The average Bonchev–Trinajstić information content (AvgIpc) is 2.92. The van der Waals surface area contributed by atoms with E-state index in [9.17, 15) is 4.39 Å². The highest BCUT2D eigenvalue weighted by Crippen LogP contribution is 2.15. The van der Waals surface area contributed by atoms with E-state index >= 15 is 0 Å². The molecule has 3 rings (SSSR count). The summed E-state index contributed by atoms with van der Waals surface area (Å²) >= 11 is 0. The third-order valence-electron chi connectivity index (χ3n) is 3.60. The minimum atomic E-state index is -0.238. The first-order valence-electron chi connectivity index (χ1n) is 7.16. The van der Waals surface area contributed by atoms with Crippen LogP contribution >= 0.6 is 0 Å². The van der Waals surface area contributed by atoms with Crippen LogP contribution in [0.1, 0.15) is 22.5 Å². The Balaban J connectivity index is 1.92. The van der Waals surface area contributed by atoms with Crippen molar-refractivity contribution >= 4 is 0 Å². The molecule has 0 unspecified atom stereocenters. The SMILES string of the molecule is NCc1nnn(Cc2ccccc2F)c1Cc1ccccc1. The molecule has 0 fully saturated rings. The van der Waals surface area contributed by atoms with Crippen LogP contribution in [-0.2, 0) is 19.5 Å². The van der Waals surface area contributed by atoms with Crippen LogP contribution in [0, 0.1) is 5.82 Å². The summed E-state index contributed by atoms with van der Waals surface area (Å²) in [6.07, 6.45) is 0.675. The molecule has 4 nitrogen and oxygen atoms in total. The van der Waals surface area contributed by atoms with Crippen molar-refractivity contribution in [2.75, 3.05) is 0 Å². The second-order valence-corrected chi connectivity index (χ2v) is 5.10. The van der Waals surface area contributed by atoms with Crippen molar-refractivity contribution in [2.45, 2.75) is 19.5 Å². The van der Waals surface area contributed by atoms with Gasteiger partial charge in [0.25, 0.3) is 0 Å². The van der Waals surface area contributed by atoms with Crippen LogP contribution in [-0.4, -0.2) is 15.0 Å². The Morgan fingerprint density at radius 1 is 1.00 bits per heavy atom. The highest BCUT2D eigenvalue weighted by molar-refractivity contribution is 5.25. The van der Waals surface area contributed by atoms with Crippen LogP contribution in [0.4, 0.5) is 4.39 Å². The number of nitrogens with zero attached hydrogens (tertiary/aromatic N) is 3.